The maximum Gasteiger partial charge on any atom is 0.0579 e. The maximum absolute atomic E-state index is 5.57. The molecule has 0 saturated carbocycles. The van der Waals surface area contributed by atoms with Gasteiger partial charge < -0.3 is 4.74 Å². The minimum Gasteiger partial charge on any atom is -0.378 e. The normalized spacial score (nSPS) is 22.0. The summed E-state index contributed by atoms with van der Waals surface area (Å²) in [5, 5.41) is 0. The van der Waals surface area contributed by atoms with E-state index in [2.05, 4.69) is 30.3 Å². The molecule has 1 aliphatic heterocycles. The molecular weight excluding hydrogens is 160 g/mol. The van der Waals surface area contributed by atoms with Crippen LogP contribution in [0.2, 0.25) is 0 Å². The Morgan fingerprint density at radius 1 is 1.23 bits per heavy atom. The maximum atomic E-state index is 5.57. The van der Waals surface area contributed by atoms with Crippen molar-refractivity contribution < 1.29 is 4.74 Å². The number of aryl methyl sites for hydroxylation is 1. The van der Waals surface area contributed by atoms with Gasteiger partial charge in [-0.2, -0.15) is 0 Å². The van der Waals surface area contributed by atoms with Crippen LogP contribution < -0.4 is 0 Å². The lowest BCUT2D eigenvalue weighted by Crippen LogP contribution is -2.05. The summed E-state index contributed by atoms with van der Waals surface area (Å²) in [6.07, 6.45) is 5.38. The highest BCUT2D eigenvalue weighted by atomic mass is 16.5. The summed E-state index contributed by atoms with van der Waals surface area (Å²) >= 11 is 0. The van der Waals surface area contributed by atoms with Gasteiger partial charge in [0.25, 0.3) is 0 Å². The fraction of sp³-hybridized carbons (Fsp3) is 0.500. The van der Waals surface area contributed by atoms with Gasteiger partial charge in [-0.05, 0) is 31.2 Å². The van der Waals surface area contributed by atoms with Crippen molar-refractivity contribution in [2.45, 2.75) is 31.8 Å². The molecule has 1 fully saturated rings. The molecule has 13 heavy (non-hydrogen) atoms. The van der Waals surface area contributed by atoms with Gasteiger partial charge >= 0.3 is 0 Å². The fourth-order valence-electron chi connectivity index (χ4n) is 1.84. The van der Waals surface area contributed by atoms with E-state index in [1.54, 1.807) is 0 Å². The molecule has 0 aliphatic carbocycles. The van der Waals surface area contributed by atoms with Gasteiger partial charge in [-0.15, -0.1) is 0 Å². The number of ether oxygens (including phenoxy) is 1. The molecule has 1 nitrogen and oxygen atoms in total. The first-order valence-electron chi connectivity index (χ1n) is 5.11. The van der Waals surface area contributed by atoms with Crippen LogP contribution in [-0.4, -0.2) is 12.7 Å². The zero-order valence-corrected chi connectivity index (χ0v) is 7.91. The van der Waals surface area contributed by atoms with Crippen LogP contribution in [0.3, 0.4) is 0 Å². The average molecular weight is 176 g/mol. The van der Waals surface area contributed by atoms with Gasteiger partial charge in [-0.3, -0.25) is 0 Å². The highest BCUT2D eigenvalue weighted by molar-refractivity contribution is 5.14. The lowest BCUT2D eigenvalue weighted by Gasteiger charge is -2.08. The average Bonchev–Trinajstić information content (AvgIpc) is 2.69. The first-order valence-corrected chi connectivity index (χ1v) is 5.11. The van der Waals surface area contributed by atoms with Crippen molar-refractivity contribution in [2.24, 2.45) is 0 Å². The second-order valence-corrected chi connectivity index (χ2v) is 3.66. The summed E-state index contributed by atoms with van der Waals surface area (Å²) in [4.78, 5) is 0. The molecule has 1 aromatic carbocycles. The van der Waals surface area contributed by atoms with Crippen LogP contribution in [0.4, 0.5) is 0 Å². The predicted octanol–water partition coefficient (Wildman–Crippen LogP) is 2.80. The molecule has 0 radical (unpaired) electrons. The quantitative estimate of drug-likeness (QED) is 0.688. The SMILES string of the molecule is c1ccc(CC[C@H]2CCCO2)cc1. The van der Waals surface area contributed by atoms with E-state index in [1.807, 2.05) is 0 Å². The molecule has 0 bridgehead atoms. The Morgan fingerprint density at radius 3 is 2.77 bits per heavy atom. The summed E-state index contributed by atoms with van der Waals surface area (Å²) in [5.74, 6) is 0. The van der Waals surface area contributed by atoms with E-state index in [4.69, 9.17) is 4.74 Å². The molecule has 0 unspecified atom stereocenters. The van der Waals surface area contributed by atoms with Crippen LogP contribution in [-0.2, 0) is 11.2 Å². The summed E-state index contributed by atoms with van der Waals surface area (Å²) in [5.41, 5.74) is 1.43. The summed E-state index contributed by atoms with van der Waals surface area (Å²) < 4.78 is 5.57. The van der Waals surface area contributed by atoms with Gasteiger partial charge in [0.2, 0.25) is 0 Å². The molecular formula is C12H16O. The van der Waals surface area contributed by atoms with Crippen molar-refractivity contribution in [2.75, 3.05) is 6.61 Å². The molecule has 0 N–H and O–H groups in total. The molecule has 70 valence electrons. The van der Waals surface area contributed by atoms with E-state index in [1.165, 1.54) is 24.8 Å². The highest BCUT2D eigenvalue weighted by Crippen LogP contribution is 2.17. The molecule has 1 heteroatoms. The van der Waals surface area contributed by atoms with Crippen molar-refractivity contribution in [3.05, 3.63) is 35.9 Å². The highest BCUT2D eigenvalue weighted by Gasteiger charge is 2.14. The number of hydrogen-bond acceptors (Lipinski definition) is 1. The number of hydrogen-bond donors (Lipinski definition) is 0. The molecule has 1 saturated heterocycles. The Bertz CT molecular complexity index is 237. The summed E-state index contributed by atoms with van der Waals surface area (Å²) in [7, 11) is 0. The first-order chi connectivity index (χ1) is 6.45. The lowest BCUT2D eigenvalue weighted by atomic mass is 10.1. The summed E-state index contributed by atoms with van der Waals surface area (Å²) in [6, 6.07) is 10.6. The molecule has 2 rings (SSSR count). The Hall–Kier alpha value is -0.820. The molecule has 0 aromatic heterocycles. The Balaban J connectivity index is 1.79. The molecule has 1 aliphatic rings. The summed E-state index contributed by atoms with van der Waals surface area (Å²) in [6.45, 7) is 0.972. The third-order valence-corrected chi connectivity index (χ3v) is 2.62. The predicted molar refractivity (Wildman–Crippen MR) is 53.7 cm³/mol. The van der Waals surface area contributed by atoms with Gasteiger partial charge in [0.05, 0.1) is 6.10 Å². The van der Waals surface area contributed by atoms with Crippen molar-refractivity contribution in [1.82, 2.24) is 0 Å². The smallest absolute Gasteiger partial charge is 0.0579 e. The van der Waals surface area contributed by atoms with Crippen LogP contribution in [0.25, 0.3) is 0 Å². The van der Waals surface area contributed by atoms with Crippen LogP contribution in [0.15, 0.2) is 30.3 Å². The Kier molecular flexibility index (Phi) is 2.98. The number of rotatable bonds is 3. The third-order valence-electron chi connectivity index (χ3n) is 2.62. The van der Waals surface area contributed by atoms with E-state index in [0.717, 1.165) is 13.0 Å². The first kappa shape index (κ1) is 8.76. The minimum absolute atomic E-state index is 0.528. The van der Waals surface area contributed by atoms with Crippen molar-refractivity contribution in [3.63, 3.8) is 0 Å². The topological polar surface area (TPSA) is 9.23 Å². The fourth-order valence-corrected chi connectivity index (χ4v) is 1.84. The Labute approximate surface area is 79.7 Å². The van der Waals surface area contributed by atoms with E-state index >= 15 is 0 Å². The minimum atomic E-state index is 0.528. The standard InChI is InChI=1S/C12H16O/c1-2-5-11(6-3-1)8-9-12-7-4-10-13-12/h1-3,5-6,12H,4,7-10H2/t12-/m1/s1. The van der Waals surface area contributed by atoms with E-state index in [9.17, 15) is 0 Å². The van der Waals surface area contributed by atoms with Gasteiger partial charge in [0, 0.05) is 6.61 Å². The zero-order valence-electron chi connectivity index (χ0n) is 7.91. The number of benzene rings is 1. The van der Waals surface area contributed by atoms with Crippen LogP contribution in [0.1, 0.15) is 24.8 Å². The van der Waals surface area contributed by atoms with Crippen LogP contribution >= 0.6 is 0 Å². The van der Waals surface area contributed by atoms with Gasteiger partial charge in [-0.1, -0.05) is 30.3 Å². The molecule has 0 spiro atoms. The second kappa shape index (κ2) is 4.43. The Morgan fingerprint density at radius 2 is 2.08 bits per heavy atom. The van der Waals surface area contributed by atoms with Gasteiger partial charge in [0.1, 0.15) is 0 Å². The largest absolute Gasteiger partial charge is 0.378 e. The monoisotopic (exact) mass is 176 g/mol. The van der Waals surface area contributed by atoms with E-state index < -0.39 is 0 Å². The molecule has 1 atom stereocenters. The van der Waals surface area contributed by atoms with Gasteiger partial charge in [0.15, 0.2) is 0 Å². The zero-order chi connectivity index (χ0) is 8.93. The third kappa shape index (κ3) is 2.56. The molecule has 1 heterocycles. The van der Waals surface area contributed by atoms with Crippen molar-refractivity contribution >= 4 is 0 Å². The molecule has 0 amide bonds. The van der Waals surface area contributed by atoms with Crippen LogP contribution in [0.5, 0.6) is 0 Å². The lowest BCUT2D eigenvalue weighted by molar-refractivity contribution is 0.104. The van der Waals surface area contributed by atoms with E-state index in [0.29, 0.717) is 6.10 Å². The second-order valence-electron chi connectivity index (χ2n) is 3.66. The van der Waals surface area contributed by atoms with Crippen molar-refractivity contribution in [3.8, 4) is 0 Å². The van der Waals surface area contributed by atoms with Crippen molar-refractivity contribution in [1.29, 1.82) is 0 Å². The van der Waals surface area contributed by atoms with Gasteiger partial charge in [-0.25, -0.2) is 0 Å². The van der Waals surface area contributed by atoms with E-state index in [-0.39, 0.29) is 0 Å². The van der Waals surface area contributed by atoms with Crippen LogP contribution in [0, 0.1) is 0 Å². The molecule has 1 aromatic rings.